The van der Waals surface area contributed by atoms with Gasteiger partial charge in [-0.15, -0.1) is 0 Å². The molecule has 0 saturated heterocycles. The van der Waals surface area contributed by atoms with Crippen LogP contribution < -0.4 is 10.6 Å². The van der Waals surface area contributed by atoms with Gasteiger partial charge in [0.15, 0.2) is 0 Å². The standard InChI is InChI=1S/C13H16Cl2N2O/c14-9-5-6-12(11(15)7-9)16-8-13(18)17-10-3-1-2-4-10/h5-7,10,16H,1-4,8H2,(H,17,18). The van der Waals surface area contributed by atoms with E-state index in [1.807, 2.05) is 0 Å². The van der Waals surface area contributed by atoms with Crippen LogP contribution in [0.2, 0.25) is 10.0 Å². The zero-order valence-corrected chi connectivity index (χ0v) is 11.5. The van der Waals surface area contributed by atoms with Crippen molar-refractivity contribution in [1.29, 1.82) is 0 Å². The zero-order valence-electron chi connectivity index (χ0n) is 10.0. The van der Waals surface area contributed by atoms with E-state index in [2.05, 4.69) is 10.6 Å². The number of hydrogen-bond donors (Lipinski definition) is 2. The van der Waals surface area contributed by atoms with Gasteiger partial charge in [0.1, 0.15) is 0 Å². The Morgan fingerprint density at radius 1 is 1.28 bits per heavy atom. The first kappa shape index (κ1) is 13.5. The lowest BCUT2D eigenvalue weighted by Crippen LogP contribution is -2.36. The molecule has 0 spiro atoms. The van der Waals surface area contributed by atoms with Crippen molar-refractivity contribution in [1.82, 2.24) is 5.32 Å². The molecule has 1 aromatic rings. The second-order valence-electron chi connectivity index (χ2n) is 4.53. The van der Waals surface area contributed by atoms with Gasteiger partial charge in [-0.05, 0) is 31.0 Å². The quantitative estimate of drug-likeness (QED) is 0.890. The Kier molecular flexibility index (Phi) is 4.72. The summed E-state index contributed by atoms with van der Waals surface area (Å²) in [5, 5.41) is 7.13. The number of nitrogens with one attached hydrogen (secondary N) is 2. The third kappa shape index (κ3) is 3.79. The maximum Gasteiger partial charge on any atom is 0.239 e. The van der Waals surface area contributed by atoms with E-state index in [-0.39, 0.29) is 12.5 Å². The molecule has 0 aliphatic heterocycles. The van der Waals surface area contributed by atoms with Gasteiger partial charge in [-0.2, -0.15) is 0 Å². The SMILES string of the molecule is O=C(CNc1ccc(Cl)cc1Cl)NC1CCCC1. The fourth-order valence-corrected chi connectivity index (χ4v) is 2.63. The first-order chi connectivity index (χ1) is 8.65. The van der Waals surface area contributed by atoms with Crippen LogP contribution in [0.25, 0.3) is 0 Å². The van der Waals surface area contributed by atoms with E-state index in [1.54, 1.807) is 18.2 Å². The van der Waals surface area contributed by atoms with Crippen molar-refractivity contribution in [3.8, 4) is 0 Å². The molecule has 0 aromatic heterocycles. The third-order valence-corrected chi connectivity index (χ3v) is 3.64. The van der Waals surface area contributed by atoms with Crippen LogP contribution in [0.1, 0.15) is 25.7 Å². The molecule has 5 heteroatoms. The summed E-state index contributed by atoms with van der Waals surface area (Å²) < 4.78 is 0. The number of rotatable bonds is 4. The van der Waals surface area contributed by atoms with E-state index in [0.717, 1.165) is 18.5 Å². The van der Waals surface area contributed by atoms with Gasteiger partial charge in [0.05, 0.1) is 17.3 Å². The Labute approximate surface area is 117 Å². The number of hydrogen-bond acceptors (Lipinski definition) is 2. The maximum atomic E-state index is 11.7. The van der Waals surface area contributed by atoms with Crippen LogP contribution in [0, 0.1) is 0 Å². The molecule has 2 N–H and O–H groups in total. The van der Waals surface area contributed by atoms with Gasteiger partial charge in [0, 0.05) is 11.1 Å². The average molecular weight is 287 g/mol. The molecule has 1 amide bonds. The zero-order chi connectivity index (χ0) is 13.0. The monoisotopic (exact) mass is 286 g/mol. The first-order valence-corrected chi connectivity index (χ1v) is 6.89. The van der Waals surface area contributed by atoms with Crippen molar-refractivity contribution in [3.63, 3.8) is 0 Å². The minimum Gasteiger partial charge on any atom is -0.375 e. The number of carbonyl (C=O) groups is 1. The van der Waals surface area contributed by atoms with E-state index in [9.17, 15) is 4.79 Å². The fraction of sp³-hybridized carbons (Fsp3) is 0.462. The summed E-state index contributed by atoms with van der Waals surface area (Å²) in [4.78, 5) is 11.7. The molecule has 1 aliphatic rings. The van der Waals surface area contributed by atoms with Crippen molar-refractivity contribution in [2.75, 3.05) is 11.9 Å². The van der Waals surface area contributed by atoms with E-state index in [0.29, 0.717) is 16.1 Å². The Morgan fingerprint density at radius 2 is 2.00 bits per heavy atom. The number of carbonyl (C=O) groups excluding carboxylic acids is 1. The summed E-state index contributed by atoms with van der Waals surface area (Å²) in [6, 6.07) is 5.51. The molecule has 0 atom stereocenters. The highest BCUT2D eigenvalue weighted by molar-refractivity contribution is 6.36. The van der Waals surface area contributed by atoms with Gasteiger partial charge in [-0.1, -0.05) is 36.0 Å². The molecule has 1 fully saturated rings. The molecule has 1 aliphatic carbocycles. The Balaban J connectivity index is 1.81. The molecule has 0 heterocycles. The number of benzene rings is 1. The smallest absolute Gasteiger partial charge is 0.239 e. The molecule has 0 bridgehead atoms. The lowest BCUT2D eigenvalue weighted by molar-refractivity contribution is -0.120. The van der Waals surface area contributed by atoms with Gasteiger partial charge in [0.2, 0.25) is 5.91 Å². The van der Waals surface area contributed by atoms with Crippen LogP contribution in [0.15, 0.2) is 18.2 Å². The Bertz CT molecular complexity index is 431. The van der Waals surface area contributed by atoms with Crippen molar-refractivity contribution in [2.45, 2.75) is 31.7 Å². The summed E-state index contributed by atoms with van der Waals surface area (Å²) in [6.45, 7) is 0.234. The van der Waals surface area contributed by atoms with Crippen molar-refractivity contribution >= 4 is 34.8 Å². The topological polar surface area (TPSA) is 41.1 Å². The first-order valence-electron chi connectivity index (χ1n) is 6.13. The van der Waals surface area contributed by atoms with Gasteiger partial charge in [-0.25, -0.2) is 0 Å². The molecular weight excluding hydrogens is 271 g/mol. The predicted octanol–water partition coefficient (Wildman–Crippen LogP) is 3.46. The Morgan fingerprint density at radius 3 is 2.67 bits per heavy atom. The average Bonchev–Trinajstić information content (AvgIpc) is 2.80. The second-order valence-corrected chi connectivity index (χ2v) is 5.37. The Hall–Kier alpha value is -0.930. The number of amides is 1. The highest BCUT2D eigenvalue weighted by atomic mass is 35.5. The minimum absolute atomic E-state index is 0.00733. The summed E-state index contributed by atoms with van der Waals surface area (Å²) in [6.07, 6.45) is 4.60. The van der Waals surface area contributed by atoms with Crippen LogP contribution in [0.5, 0.6) is 0 Å². The third-order valence-electron chi connectivity index (χ3n) is 3.09. The van der Waals surface area contributed by atoms with Gasteiger partial charge >= 0.3 is 0 Å². The largest absolute Gasteiger partial charge is 0.375 e. The van der Waals surface area contributed by atoms with Crippen molar-refractivity contribution in [3.05, 3.63) is 28.2 Å². The number of halogens is 2. The summed E-state index contributed by atoms with van der Waals surface area (Å²) in [7, 11) is 0. The normalized spacial score (nSPS) is 15.7. The highest BCUT2D eigenvalue weighted by Gasteiger charge is 2.16. The predicted molar refractivity (Wildman–Crippen MR) is 75.4 cm³/mol. The van der Waals surface area contributed by atoms with E-state index >= 15 is 0 Å². The summed E-state index contributed by atoms with van der Waals surface area (Å²) >= 11 is 11.8. The van der Waals surface area contributed by atoms with Crippen LogP contribution in [-0.2, 0) is 4.79 Å². The van der Waals surface area contributed by atoms with E-state index < -0.39 is 0 Å². The molecule has 2 rings (SSSR count). The minimum atomic E-state index is 0.00733. The van der Waals surface area contributed by atoms with E-state index in [1.165, 1.54) is 12.8 Å². The fourth-order valence-electron chi connectivity index (χ4n) is 2.16. The molecule has 1 saturated carbocycles. The van der Waals surface area contributed by atoms with Gasteiger partial charge in [-0.3, -0.25) is 4.79 Å². The molecule has 1 aromatic carbocycles. The van der Waals surface area contributed by atoms with Crippen LogP contribution in [0.4, 0.5) is 5.69 Å². The molecule has 0 radical (unpaired) electrons. The molecule has 3 nitrogen and oxygen atoms in total. The lowest BCUT2D eigenvalue weighted by Gasteiger charge is -2.13. The molecule has 98 valence electrons. The van der Waals surface area contributed by atoms with Crippen LogP contribution in [0.3, 0.4) is 0 Å². The van der Waals surface area contributed by atoms with Crippen LogP contribution in [-0.4, -0.2) is 18.5 Å². The van der Waals surface area contributed by atoms with Crippen molar-refractivity contribution < 1.29 is 4.79 Å². The summed E-state index contributed by atoms with van der Waals surface area (Å²) in [5.41, 5.74) is 0.725. The molecular formula is C13H16Cl2N2O. The maximum absolute atomic E-state index is 11.7. The molecule has 18 heavy (non-hydrogen) atoms. The van der Waals surface area contributed by atoms with Crippen molar-refractivity contribution in [2.24, 2.45) is 0 Å². The lowest BCUT2D eigenvalue weighted by atomic mass is 10.2. The number of anilines is 1. The van der Waals surface area contributed by atoms with Gasteiger partial charge < -0.3 is 10.6 Å². The second kappa shape index (κ2) is 6.30. The molecule has 0 unspecified atom stereocenters. The van der Waals surface area contributed by atoms with Gasteiger partial charge in [0.25, 0.3) is 0 Å². The summed E-state index contributed by atoms with van der Waals surface area (Å²) in [5.74, 6) is 0.00733. The van der Waals surface area contributed by atoms with Crippen LogP contribution >= 0.6 is 23.2 Å². The van der Waals surface area contributed by atoms with E-state index in [4.69, 9.17) is 23.2 Å². The highest BCUT2D eigenvalue weighted by Crippen LogP contribution is 2.25.